The minimum Gasteiger partial charge on any atom is -0.460 e. The third kappa shape index (κ3) is 4.94. The summed E-state index contributed by atoms with van der Waals surface area (Å²) in [5.41, 5.74) is 6.23. The van der Waals surface area contributed by atoms with Gasteiger partial charge in [-0.05, 0) is 74.8 Å². The number of furan rings is 1. The van der Waals surface area contributed by atoms with E-state index in [1.807, 2.05) is 29.5 Å². The Morgan fingerprint density at radius 3 is 2.18 bits per heavy atom. The molecule has 4 nitrogen and oxygen atoms in total. The molecule has 2 aliphatic rings. The molecule has 7 aromatic carbocycles. The van der Waals surface area contributed by atoms with Gasteiger partial charge in [-0.1, -0.05) is 146 Å². The average molecular weight is 736 g/mol. The molecule has 2 unspecified atom stereocenters. The molecule has 0 saturated heterocycles. The Kier molecular flexibility index (Phi) is 7.02. The van der Waals surface area contributed by atoms with Gasteiger partial charge in [0, 0.05) is 48.5 Å². The molecule has 0 bridgehead atoms. The van der Waals surface area contributed by atoms with Crippen LogP contribution in [0.5, 0.6) is 0 Å². The van der Waals surface area contributed by atoms with E-state index in [0.29, 0.717) is 23.4 Å². The fraction of sp³-hybridized carbons (Fsp3) is 0.0784. The van der Waals surface area contributed by atoms with Gasteiger partial charge in [-0.25, -0.2) is 15.0 Å². The SMILES string of the molecule is C1=Cc2c(oc3cccc(-c4nc(-c5ccccc5)nc(-c5ccc6c(ccc7ccccc76)c5)n4)c23)C(C2C=Cc3c(sc4ccc5ccccc5c34)C2)C1. The van der Waals surface area contributed by atoms with E-state index in [-0.39, 0.29) is 5.92 Å². The van der Waals surface area contributed by atoms with Crippen LogP contribution < -0.4 is 0 Å². The molecule has 56 heavy (non-hydrogen) atoms. The van der Waals surface area contributed by atoms with E-state index in [0.717, 1.165) is 57.2 Å². The van der Waals surface area contributed by atoms with Crippen molar-refractivity contribution in [2.75, 3.05) is 0 Å². The maximum absolute atomic E-state index is 6.88. The molecule has 0 saturated carbocycles. The third-order valence-electron chi connectivity index (χ3n) is 11.8. The lowest BCUT2D eigenvalue weighted by molar-refractivity contribution is 0.413. The van der Waals surface area contributed by atoms with Gasteiger partial charge in [-0.15, -0.1) is 11.3 Å². The highest BCUT2D eigenvalue weighted by Gasteiger charge is 2.33. The smallest absolute Gasteiger partial charge is 0.164 e. The number of hydrogen-bond donors (Lipinski definition) is 0. The van der Waals surface area contributed by atoms with Crippen LogP contribution in [-0.4, -0.2) is 15.0 Å². The van der Waals surface area contributed by atoms with Crippen LogP contribution in [-0.2, 0) is 6.42 Å². The van der Waals surface area contributed by atoms with Crippen LogP contribution in [0.15, 0.2) is 156 Å². The number of nitrogens with zero attached hydrogens (tertiary/aromatic N) is 3. The number of hydrogen-bond acceptors (Lipinski definition) is 5. The topological polar surface area (TPSA) is 51.8 Å². The fourth-order valence-corrected chi connectivity index (χ4v) is 10.4. The first-order chi connectivity index (χ1) is 27.7. The molecule has 264 valence electrons. The van der Waals surface area contributed by atoms with E-state index in [1.165, 1.54) is 47.5 Å². The van der Waals surface area contributed by atoms with Gasteiger partial charge in [0.2, 0.25) is 0 Å². The van der Waals surface area contributed by atoms with Crippen LogP contribution in [0.3, 0.4) is 0 Å². The molecule has 3 heterocycles. The summed E-state index contributed by atoms with van der Waals surface area (Å²) in [5, 5.41) is 9.91. The first-order valence-corrected chi connectivity index (χ1v) is 20.1. The predicted octanol–water partition coefficient (Wildman–Crippen LogP) is 13.7. The molecule has 2 aliphatic carbocycles. The van der Waals surface area contributed by atoms with Crippen molar-refractivity contribution in [1.82, 2.24) is 15.0 Å². The summed E-state index contributed by atoms with van der Waals surface area (Å²) in [6, 6.07) is 49.2. The Bertz CT molecular complexity index is 3280. The second-order valence-corrected chi connectivity index (χ2v) is 16.2. The Morgan fingerprint density at radius 2 is 1.29 bits per heavy atom. The van der Waals surface area contributed by atoms with Crippen molar-refractivity contribution in [3.05, 3.63) is 173 Å². The fourth-order valence-electron chi connectivity index (χ4n) is 9.17. The highest BCUT2D eigenvalue weighted by Crippen LogP contribution is 2.48. The maximum Gasteiger partial charge on any atom is 0.164 e. The molecule has 0 amide bonds. The van der Waals surface area contributed by atoms with Crippen LogP contribution in [0.4, 0.5) is 0 Å². The van der Waals surface area contributed by atoms with Crippen molar-refractivity contribution in [2.45, 2.75) is 18.8 Å². The quantitative estimate of drug-likeness (QED) is 0.169. The average Bonchev–Trinajstić information content (AvgIpc) is 3.85. The highest BCUT2D eigenvalue weighted by atomic mass is 32.1. The molecule has 12 rings (SSSR count). The number of allylic oxidation sites excluding steroid dienone is 2. The first-order valence-electron chi connectivity index (χ1n) is 19.3. The summed E-state index contributed by atoms with van der Waals surface area (Å²) in [4.78, 5) is 16.9. The third-order valence-corrected chi connectivity index (χ3v) is 13.0. The summed E-state index contributed by atoms with van der Waals surface area (Å²) in [6.07, 6.45) is 11.3. The van der Waals surface area contributed by atoms with Crippen molar-refractivity contribution >= 4 is 76.9 Å². The normalized spacial score (nSPS) is 16.3. The van der Waals surface area contributed by atoms with Gasteiger partial charge in [0.1, 0.15) is 11.3 Å². The minimum atomic E-state index is 0.226. The van der Waals surface area contributed by atoms with Crippen LogP contribution in [0.1, 0.15) is 34.1 Å². The lowest BCUT2D eigenvalue weighted by Gasteiger charge is -2.27. The van der Waals surface area contributed by atoms with Crippen molar-refractivity contribution in [1.29, 1.82) is 0 Å². The van der Waals surface area contributed by atoms with Crippen LogP contribution >= 0.6 is 11.3 Å². The predicted molar refractivity (Wildman–Crippen MR) is 233 cm³/mol. The van der Waals surface area contributed by atoms with E-state index in [1.54, 1.807) is 0 Å². The van der Waals surface area contributed by atoms with E-state index >= 15 is 0 Å². The van der Waals surface area contributed by atoms with Crippen molar-refractivity contribution in [3.63, 3.8) is 0 Å². The molecule has 3 aromatic heterocycles. The van der Waals surface area contributed by atoms with E-state index in [2.05, 4.69) is 146 Å². The summed E-state index contributed by atoms with van der Waals surface area (Å²) in [5.74, 6) is 3.53. The number of aromatic nitrogens is 3. The zero-order valence-corrected chi connectivity index (χ0v) is 31.1. The van der Waals surface area contributed by atoms with Crippen LogP contribution in [0, 0.1) is 5.92 Å². The van der Waals surface area contributed by atoms with Gasteiger partial charge in [-0.2, -0.15) is 0 Å². The van der Waals surface area contributed by atoms with Gasteiger partial charge in [0.25, 0.3) is 0 Å². The molecule has 0 radical (unpaired) electrons. The van der Waals surface area contributed by atoms with Crippen molar-refractivity contribution in [2.24, 2.45) is 5.92 Å². The number of thiophene rings is 1. The molecule has 0 fully saturated rings. The number of benzene rings is 7. The summed E-state index contributed by atoms with van der Waals surface area (Å²) in [7, 11) is 0. The van der Waals surface area contributed by atoms with Gasteiger partial charge < -0.3 is 4.42 Å². The standard InChI is InChI=1S/C51H33N3OS/c1-2-12-32(13-3-1)49-52-50(35-23-25-37-33(28-35)21-20-30-10-4-6-14-36(30)37)54-51(53-49)42-18-9-19-43-46(42)41-17-8-16-39(48(41)55-43)34-22-26-40-45(29-34)56-44-27-24-31-11-5-7-15-38(31)47(40)44/h1-15,17-28,34,39H,16,29H2. The Balaban J connectivity index is 0.973. The molecular formula is C51H33N3OS. The molecule has 5 heteroatoms. The second-order valence-electron chi connectivity index (χ2n) is 15.0. The van der Waals surface area contributed by atoms with Gasteiger partial charge in [0.15, 0.2) is 17.5 Å². The molecule has 0 N–H and O–H groups in total. The van der Waals surface area contributed by atoms with Crippen molar-refractivity contribution in [3.8, 4) is 34.2 Å². The van der Waals surface area contributed by atoms with Gasteiger partial charge >= 0.3 is 0 Å². The summed E-state index contributed by atoms with van der Waals surface area (Å²) < 4.78 is 8.24. The van der Waals surface area contributed by atoms with E-state index < -0.39 is 0 Å². The maximum atomic E-state index is 6.88. The first kappa shape index (κ1) is 31.6. The largest absolute Gasteiger partial charge is 0.460 e. The highest BCUT2D eigenvalue weighted by molar-refractivity contribution is 7.19. The summed E-state index contributed by atoms with van der Waals surface area (Å²) >= 11 is 1.95. The lowest BCUT2D eigenvalue weighted by atomic mass is 9.77. The number of fused-ring (bicyclic) bond motifs is 11. The summed E-state index contributed by atoms with van der Waals surface area (Å²) in [6.45, 7) is 0. The van der Waals surface area contributed by atoms with Gasteiger partial charge in [-0.3, -0.25) is 0 Å². The molecule has 10 aromatic rings. The second kappa shape index (κ2) is 12.4. The lowest BCUT2D eigenvalue weighted by Crippen LogP contribution is -2.17. The van der Waals surface area contributed by atoms with E-state index in [4.69, 9.17) is 19.4 Å². The van der Waals surface area contributed by atoms with E-state index in [9.17, 15) is 0 Å². The Labute approximate surface area is 327 Å². The zero-order chi connectivity index (χ0) is 36.7. The van der Waals surface area contributed by atoms with Crippen molar-refractivity contribution < 1.29 is 4.42 Å². The minimum absolute atomic E-state index is 0.226. The molecule has 0 spiro atoms. The number of rotatable bonds is 4. The molecule has 0 aliphatic heterocycles. The van der Waals surface area contributed by atoms with Crippen LogP contribution in [0.25, 0.3) is 99.7 Å². The molecular weight excluding hydrogens is 703 g/mol. The monoisotopic (exact) mass is 735 g/mol. The zero-order valence-electron chi connectivity index (χ0n) is 30.3. The van der Waals surface area contributed by atoms with Gasteiger partial charge in [0.05, 0.1) is 0 Å². The Hall–Kier alpha value is -6.69. The Morgan fingerprint density at radius 1 is 0.554 bits per heavy atom. The van der Waals surface area contributed by atoms with Crippen LogP contribution in [0.2, 0.25) is 0 Å². The molecule has 2 atom stereocenters.